The van der Waals surface area contributed by atoms with Crippen molar-refractivity contribution >= 4 is 5.97 Å². The zero-order valence-corrected chi connectivity index (χ0v) is 12.9. The summed E-state index contributed by atoms with van der Waals surface area (Å²) < 4.78 is 5.58. The Morgan fingerprint density at radius 1 is 1.32 bits per heavy atom. The fourth-order valence-corrected chi connectivity index (χ4v) is 2.43. The minimum absolute atomic E-state index is 0. The van der Waals surface area contributed by atoms with Crippen molar-refractivity contribution < 1.29 is 26.8 Å². The predicted molar refractivity (Wildman–Crippen MR) is 72.3 cm³/mol. The molecule has 1 fully saturated rings. The van der Waals surface area contributed by atoms with Crippen molar-refractivity contribution in [1.82, 2.24) is 0 Å². The summed E-state index contributed by atoms with van der Waals surface area (Å²) >= 11 is 0. The first-order valence-electron chi connectivity index (χ1n) is 7.19. The van der Waals surface area contributed by atoms with Crippen molar-refractivity contribution in [3.05, 3.63) is 0 Å². The third-order valence-corrected chi connectivity index (χ3v) is 3.82. The van der Waals surface area contributed by atoms with E-state index in [1.54, 1.807) is 4.90 Å². The number of hydrogen-bond donors (Lipinski definition) is 1. The lowest BCUT2D eigenvalue weighted by molar-refractivity contribution is -0.905. The van der Waals surface area contributed by atoms with E-state index in [9.17, 15) is 4.79 Å². The van der Waals surface area contributed by atoms with Crippen LogP contribution in [0.3, 0.4) is 0 Å². The molecule has 1 aliphatic rings. The Kier molecular flexibility index (Phi) is 8.88. The molecule has 0 aromatic rings. The van der Waals surface area contributed by atoms with Gasteiger partial charge in [-0.3, -0.25) is 4.79 Å². The van der Waals surface area contributed by atoms with Crippen LogP contribution in [0.4, 0.5) is 0 Å². The molecule has 19 heavy (non-hydrogen) atoms. The molecule has 0 spiro atoms. The number of unbranched alkanes of at least 4 members (excludes halogenated alkanes) is 2. The number of piperidine rings is 1. The van der Waals surface area contributed by atoms with Gasteiger partial charge in [0.15, 0.2) is 5.60 Å². The van der Waals surface area contributed by atoms with E-state index in [1.165, 1.54) is 0 Å². The number of likely N-dealkylation sites (tertiary alicyclic amines) is 1. The van der Waals surface area contributed by atoms with Crippen LogP contribution in [0.25, 0.3) is 0 Å². The number of hydrogen-bond acceptors (Lipinski definition) is 2. The van der Waals surface area contributed by atoms with E-state index < -0.39 is 5.60 Å². The van der Waals surface area contributed by atoms with Crippen molar-refractivity contribution in [3.8, 4) is 12.3 Å². The van der Waals surface area contributed by atoms with Crippen molar-refractivity contribution in [2.24, 2.45) is 0 Å². The lowest BCUT2D eigenvalue weighted by Gasteiger charge is -2.35. The number of ether oxygens (including phenoxy) is 1. The Hall–Kier alpha value is -0.720. The third kappa shape index (κ3) is 5.84. The van der Waals surface area contributed by atoms with Gasteiger partial charge in [-0.2, -0.15) is 0 Å². The molecule has 1 rings (SSSR count). The largest absolute Gasteiger partial charge is 1.00 e. The van der Waals surface area contributed by atoms with Crippen LogP contribution in [0.15, 0.2) is 0 Å². The van der Waals surface area contributed by atoms with Crippen LogP contribution >= 0.6 is 0 Å². The number of esters is 1. The molecule has 0 aromatic carbocycles. The number of terminal acetylenes is 1. The lowest BCUT2D eigenvalue weighted by Crippen LogP contribution is -3.13. The van der Waals surface area contributed by atoms with Crippen molar-refractivity contribution in [3.63, 3.8) is 0 Å². The lowest BCUT2D eigenvalue weighted by atomic mass is 9.92. The fraction of sp³-hybridized carbons (Fsp3) is 0.800. The Labute approximate surface area is 123 Å². The van der Waals surface area contributed by atoms with Gasteiger partial charge >= 0.3 is 5.97 Å². The fourth-order valence-electron chi connectivity index (χ4n) is 2.43. The topological polar surface area (TPSA) is 30.7 Å². The average Bonchev–Trinajstić information content (AvgIpc) is 2.40. The molecule has 1 heterocycles. The SMILES string of the molecule is C#CC1(OC(=O)CCCCC)CC[NH+](CC)CC1.[Cl-]. The van der Waals surface area contributed by atoms with E-state index in [-0.39, 0.29) is 18.4 Å². The number of carbonyl (C=O) groups excluding carboxylic acids is 1. The maximum Gasteiger partial charge on any atom is 0.307 e. The molecule has 0 radical (unpaired) electrons. The molecule has 0 aromatic heterocycles. The highest BCUT2D eigenvalue weighted by molar-refractivity contribution is 5.70. The molecule has 0 atom stereocenters. The molecule has 3 nitrogen and oxygen atoms in total. The monoisotopic (exact) mass is 287 g/mol. The maximum atomic E-state index is 11.8. The summed E-state index contributed by atoms with van der Waals surface area (Å²) in [5.74, 6) is 2.60. The van der Waals surface area contributed by atoms with E-state index in [1.807, 2.05) is 0 Å². The predicted octanol–water partition coefficient (Wildman–Crippen LogP) is -1.82. The zero-order valence-electron chi connectivity index (χ0n) is 12.1. The summed E-state index contributed by atoms with van der Waals surface area (Å²) in [7, 11) is 0. The van der Waals surface area contributed by atoms with E-state index in [4.69, 9.17) is 11.2 Å². The van der Waals surface area contributed by atoms with Crippen LogP contribution in [-0.2, 0) is 9.53 Å². The highest BCUT2D eigenvalue weighted by Crippen LogP contribution is 2.22. The molecular formula is C15H26ClNO2. The molecule has 110 valence electrons. The molecule has 4 heteroatoms. The van der Waals surface area contributed by atoms with Gasteiger partial charge in [-0.05, 0) is 13.3 Å². The van der Waals surface area contributed by atoms with Crippen LogP contribution < -0.4 is 17.3 Å². The summed E-state index contributed by atoms with van der Waals surface area (Å²) in [6, 6.07) is 0. The van der Waals surface area contributed by atoms with Crippen molar-refractivity contribution in [2.75, 3.05) is 19.6 Å². The van der Waals surface area contributed by atoms with Crippen LogP contribution in [0, 0.1) is 12.3 Å². The first kappa shape index (κ1) is 18.3. The number of quaternary nitrogens is 1. The minimum Gasteiger partial charge on any atom is -1.00 e. The molecule has 0 bridgehead atoms. The molecule has 0 amide bonds. The standard InChI is InChI=1S/C15H25NO2.ClH/c1-4-7-8-9-14(17)18-15(5-2)10-12-16(6-3)13-11-15;/h2H,4,6-13H2,1,3H3;1H. The summed E-state index contributed by atoms with van der Waals surface area (Å²) in [6.45, 7) is 7.42. The van der Waals surface area contributed by atoms with Gasteiger partial charge in [0.05, 0.1) is 19.6 Å². The third-order valence-electron chi connectivity index (χ3n) is 3.82. The van der Waals surface area contributed by atoms with Gasteiger partial charge in [0.25, 0.3) is 0 Å². The summed E-state index contributed by atoms with van der Waals surface area (Å²) in [4.78, 5) is 13.3. The molecule has 1 aliphatic heterocycles. The van der Waals surface area contributed by atoms with Gasteiger partial charge in [0, 0.05) is 19.3 Å². The average molecular weight is 288 g/mol. The van der Waals surface area contributed by atoms with Gasteiger partial charge in [-0.25, -0.2) is 0 Å². The van der Waals surface area contributed by atoms with Gasteiger partial charge in [-0.1, -0.05) is 25.7 Å². The van der Waals surface area contributed by atoms with Gasteiger partial charge in [-0.15, -0.1) is 6.42 Å². The maximum absolute atomic E-state index is 11.8. The Bertz CT molecular complexity index is 304. The second kappa shape index (κ2) is 9.23. The number of rotatable bonds is 6. The molecule has 0 saturated carbocycles. The molecular weight excluding hydrogens is 262 g/mol. The van der Waals surface area contributed by atoms with E-state index in [2.05, 4.69) is 19.8 Å². The van der Waals surface area contributed by atoms with Gasteiger partial charge < -0.3 is 22.0 Å². The minimum atomic E-state index is -0.623. The highest BCUT2D eigenvalue weighted by Gasteiger charge is 2.38. The zero-order chi connectivity index (χ0) is 13.4. The number of halogens is 1. The van der Waals surface area contributed by atoms with Crippen LogP contribution in [0.1, 0.15) is 52.4 Å². The Balaban J connectivity index is 0.00000324. The number of carbonyl (C=O) groups is 1. The molecule has 1 N–H and O–H groups in total. The smallest absolute Gasteiger partial charge is 0.307 e. The Morgan fingerprint density at radius 3 is 2.42 bits per heavy atom. The number of nitrogens with one attached hydrogen (secondary N) is 1. The van der Waals surface area contributed by atoms with Gasteiger partial charge in [0.1, 0.15) is 0 Å². The second-order valence-electron chi connectivity index (χ2n) is 5.17. The quantitative estimate of drug-likeness (QED) is 0.355. The van der Waals surface area contributed by atoms with Crippen molar-refractivity contribution in [1.29, 1.82) is 0 Å². The molecule has 0 aliphatic carbocycles. The van der Waals surface area contributed by atoms with Gasteiger partial charge in [0.2, 0.25) is 0 Å². The Morgan fingerprint density at radius 2 is 1.95 bits per heavy atom. The van der Waals surface area contributed by atoms with Crippen molar-refractivity contribution in [2.45, 2.75) is 58.0 Å². The normalized spacial score (nSPS) is 26.1. The summed E-state index contributed by atoms with van der Waals surface area (Å²) in [5, 5.41) is 0. The van der Waals surface area contributed by atoms with Crippen LogP contribution in [-0.4, -0.2) is 31.2 Å². The van der Waals surface area contributed by atoms with E-state index >= 15 is 0 Å². The molecule has 1 saturated heterocycles. The first-order valence-corrected chi connectivity index (χ1v) is 7.19. The molecule has 0 unspecified atom stereocenters. The van der Waals surface area contributed by atoms with E-state index in [0.29, 0.717) is 6.42 Å². The second-order valence-corrected chi connectivity index (χ2v) is 5.17. The highest BCUT2D eigenvalue weighted by atomic mass is 35.5. The van der Waals surface area contributed by atoms with E-state index in [0.717, 1.165) is 51.7 Å². The summed E-state index contributed by atoms with van der Waals surface area (Å²) in [6.07, 6.45) is 10.8. The first-order chi connectivity index (χ1) is 8.65. The summed E-state index contributed by atoms with van der Waals surface area (Å²) in [5.41, 5.74) is -0.623. The van der Waals surface area contributed by atoms with Crippen LogP contribution in [0.2, 0.25) is 0 Å². The van der Waals surface area contributed by atoms with Crippen LogP contribution in [0.5, 0.6) is 0 Å².